The van der Waals surface area contributed by atoms with Crippen molar-refractivity contribution in [2.45, 2.75) is 232 Å². The number of hydrogen-bond acceptors (Lipinski definition) is 5. The minimum Gasteiger partial charge on any atom is -0.462 e. The van der Waals surface area contributed by atoms with E-state index in [1.807, 2.05) is 13.8 Å². The standard InChI is InChI=1S/C44H83NO4/c1-6-8-10-12-14-16-18-20-22-24-26-28-30-32-34-36-42(46)48-39-41(38-40(3)44(4,5)45)49-43(47)37-35-33-31-29-27-25-23-21-19-17-15-13-11-9-7-2/h20-23,40-41H,6-19,24-39,45H2,1-5H3/b22-20?,23-21-. The summed E-state index contributed by atoms with van der Waals surface area (Å²) in [7, 11) is 0. The lowest BCUT2D eigenvalue weighted by Crippen LogP contribution is -2.42. The smallest absolute Gasteiger partial charge is 0.306 e. The molecule has 2 unspecified atom stereocenters. The van der Waals surface area contributed by atoms with Crippen LogP contribution in [-0.2, 0) is 19.1 Å². The largest absolute Gasteiger partial charge is 0.462 e. The molecule has 0 aromatic carbocycles. The quantitative estimate of drug-likeness (QED) is 0.0402. The Bertz CT molecular complexity index is 799. The molecule has 5 nitrogen and oxygen atoms in total. The van der Waals surface area contributed by atoms with E-state index in [1.54, 1.807) is 0 Å². The highest BCUT2D eigenvalue weighted by Crippen LogP contribution is 2.21. The van der Waals surface area contributed by atoms with Crippen molar-refractivity contribution in [2.75, 3.05) is 6.61 Å². The van der Waals surface area contributed by atoms with E-state index in [0.29, 0.717) is 19.3 Å². The van der Waals surface area contributed by atoms with Crippen LogP contribution in [0.3, 0.4) is 0 Å². The minimum atomic E-state index is -0.452. The number of hydrogen-bond donors (Lipinski definition) is 1. The van der Waals surface area contributed by atoms with E-state index in [2.05, 4.69) is 45.1 Å². The van der Waals surface area contributed by atoms with Crippen molar-refractivity contribution in [3.05, 3.63) is 24.3 Å². The number of carbonyl (C=O) groups is 2. The van der Waals surface area contributed by atoms with Crippen molar-refractivity contribution >= 4 is 11.9 Å². The zero-order chi connectivity index (χ0) is 36.3. The predicted octanol–water partition coefficient (Wildman–Crippen LogP) is 13.3. The minimum absolute atomic E-state index is 0.114. The van der Waals surface area contributed by atoms with Crippen molar-refractivity contribution in [3.8, 4) is 0 Å². The van der Waals surface area contributed by atoms with Crippen molar-refractivity contribution in [3.63, 3.8) is 0 Å². The van der Waals surface area contributed by atoms with Crippen LogP contribution in [0.5, 0.6) is 0 Å². The molecule has 5 heteroatoms. The molecule has 49 heavy (non-hydrogen) atoms. The molecule has 2 atom stereocenters. The number of nitrogens with two attached hydrogens (primary N) is 1. The predicted molar refractivity (Wildman–Crippen MR) is 212 cm³/mol. The fraction of sp³-hybridized carbons (Fsp3) is 0.864. The first-order chi connectivity index (χ1) is 23.7. The zero-order valence-corrected chi connectivity index (χ0v) is 33.4. The molecule has 0 saturated heterocycles. The van der Waals surface area contributed by atoms with Gasteiger partial charge in [0.05, 0.1) is 0 Å². The molecule has 0 spiro atoms. The Hall–Kier alpha value is -1.62. The summed E-state index contributed by atoms with van der Waals surface area (Å²) in [6.45, 7) is 10.7. The van der Waals surface area contributed by atoms with Crippen molar-refractivity contribution in [1.29, 1.82) is 0 Å². The molecular weight excluding hydrogens is 606 g/mol. The summed E-state index contributed by atoms with van der Waals surface area (Å²) >= 11 is 0. The summed E-state index contributed by atoms with van der Waals surface area (Å²) < 4.78 is 11.4. The molecule has 0 radical (unpaired) electrons. The van der Waals surface area contributed by atoms with Crippen molar-refractivity contribution < 1.29 is 19.1 Å². The molecule has 2 N–H and O–H groups in total. The van der Waals surface area contributed by atoms with Gasteiger partial charge in [0.25, 0.3) is 0 Å². The van der Waals surface area contributed by atoms with Gasteiger partial charge >= 0.3 is 11.9 Å². The zero-order valence-electron chi connectivity index (χ0n) is 33.4. The van der Waals surface area contributed by atoms with Gasteiger partial charge in [-0.25, -0.2) is 0 Å². The molecule has 0 fully saturated rings. The highest BCUT2D eigenvalue weighted by Gasteiger charge is 2.27. The van der Waals surface area contributed by atoms with Crippen LogP contribution in [0.4, 0.5) is 0 Å². The maximum Gasteiger partial charge on any atom is 0.306 e. The fourth-order valence-electron chi connectivity index (χ4n) is 6.03. The number of esters is 2. The lowest BCUT2D eigenvalue weighted by Gasteiger charge is -2.30. The van der Waals surface area contributed by atoms with Crippen LogP contribution in [0.2, 0.25) is 0 Å². The lowest BCUT2D eigenvalue weighted by molar-refractivity contribution is -0.160. The van der Waals surface area contributed by atoms with Gasteiger partial charge in [0.15, 0.2) is 0 Å². The fourth-order valence-corrected chi connectivity index (χ4v) is 6.03. The molecule has 0 amide bonds. The molecule has 0 saturated carbocycles. The lowest BCUT2D eigenvalue weighted by atomic mass is 9.86. The first-order valence-electron chi connectivity index (χ1n) is 21.1. The Kier molecular flexibility index (Phi) is 33.7. The number of carbonyl (C=O) groups excluding carboxylic acids is 2. The number of rotatable bonds is 36. The molecule has 0 rings (SSSR count). The van der Waals surface area contributed by atoms with E-state index in [-0.39, 0.29) is 24.5 Å². The maximum atomic E-state index is 12.7. The van der Waals surface area contributed by atoms with Crippen LogP contribution in [0, 0.1) is 5.92 Å². The van der Waals surface area contributed by atoms with Gasteiger partial charge in [0, 0.05) is 18.4 Å². The molecule has 0 heterocycles. The topological polar surface area (TPSA) is 78.6 Å². The SMILES string of the molecule is CCCCCCCCC=CCCCCCCCC(=O)OCC(CC(C)C(C)(C)N)OC(=O)CCCCCCC/C=C\CCCCCCCC. The molecule has 0 aromatic heterocycles. The summed E-state index contributed by atoms with van der Waals surface area (Å²) in [4.78, 5) is 25.2. The highest BCUT2D eigenvalue weighted by molar-refractivity contribution is 5.70. The third-order valence-electron chi connectivity index (χ3n) is 9.90. The van der Waals surface area contributed by atoms with E-state index < -0.39 is 11.6 Å². The van der Waals surface area contributed by atoms with Crippen LogP contribution in [0.1, 0.15) is 221 Å². The Morgan fingerprint density at radius 2 is 0.898 bits per heavy atom. The average molecular weight is 690 g/mol. The summed E-state index contributed by atoms with van der Waals surface area (Å²) in [5.41, 5.74) is 5.93. The summed E-state index contributed by atoms with van der Waals surface area (Å²) in [5, 5.41) is 0. The first-order valence-corrected chi connectivity index (χ1v) is 21.1. The van der Waals surface area contributed by atoms with E-state index in [9.17, 15) is 9.59 Å². The molecule has 0 bridgehead atoms. The normalized spacial score (nSPS) is 13.3. The Morgan fingerprint density at radius 1 is 0.551 bits per heavy atom. The van der Waals surface area contributed by atoms with Crippen LogP contribution < -0.4 is 5.73 Å². The van der Waals surface area contributed by atoms with E-state index in [0.717, 1.165) is 51.4 Å². The highest BCUT2D eigenvalue weighted by atomic mass is 16.6. The molecule has 288 valence electrons. The second kappa shape index (κ2) is 34.8. The van der Waals surface area contributed by atoms with Gasteiger partial charge in [0.2, 0.25) is 0 Å². The number of allylic oxidation sites excluding steroid dienone is 4. The molecule has 0 aliphatic rings. The van der Waals surface area contributed by atoms with Crippen LogP contribution in [-0.4, -0.2) is 30.2 Å². The first kappa shape index (κ1) is 47.4. The summed E-state index contributed by atoms with van der Waals surface area (Å²) in [6, 6.07) is 0. The van der Waals surface area contributed by atoms with Crippen molar-refractivity contribution in [1.82, 2.24) is 0 Å². The van der Waals surface area contributed by atoms with E-state index >= 15 is 0 Å². The molecule has 0 aromatic rings. The average Bonchev–Trinajstić information content (AvgIpc) is 3.06. The monoisotopic (exact) mass is 690 g/mol. The third-order valence-corrected chi connectivity index (χ3v) is 9.90. The van der Waals surface area contributed by atoms with Gasteiger partial charge < -0.3 is 15.2 Å². The molecule has 0 aliphatic carbocycles. The summed E-state index contributed by atoms with van der Waals surface area (Å²) in [6.07, 6.45) is 42.3. The van der Waals surface area contributed by atoms with Gasteiger partial charge in [0.1, 0.15) is 12.7 Å². The van der Waals surface area contributed by atoms with E-state index in [4.69, 9.17) is 15.2 Å². The van der Waals surface area contributed by atoms with Crippen LogP contribution in [0.15, 0.2) is 24.3 Å². The maximum absolute atomic E-state index is 12.7. The second-order valence-electron chi connectivity index (χ2n) is 15.4. The number of ether oxygens (including phenoxy) is 2. The molecule has 0 aliphatic heterocycles. The van der Waals surface area contributed by atoms with E-state index in [1.165, 1.54) is 116 Å². The Morgan fingerprint density at radius 3 is 1.29 bits per heavy atom. The number of unbranched alkanes of at least 4 members (excludes halogenated alkanes) is 22. The third kappa shape index (κ3) is 34.6. The second-order valence-corrected chi connectivity index (χ2v) is 15.4. The van der Waals surface area contributed by atoms with Gasteiger partial charge in [-0.15, -0.1) is 0 Å². The van der Waals surface area contributed by atoms with Gasteiger partial charge in [-0.2, -0.15) is 0 Å². The Balaban J connectivity index is 4.07. The van der Waals surface area contributed by atoms with Crippen LogP contribution in [0.25, 0.3) is 0 Å². The van der Waals surface area contributed by atoms with Gasteiger partial charge in [-0.05, 0) is 90.4 Å². The van der Waals surface area contributed by atoms with Gasteiger partial charge in [-0.1, -0.05) is 148 Å². The van der Waals surface area contributed by atoms with Gasteiger partial charge in [-0.3, -0.25) is 9.59 Å². The van der Waals surface area contributed by atoms with Crippen molar-refractivity contribution in [2.24, 2.45) is 11.7 Å². The van der Waals surface area contributed by atoms with Crippen LogP contribution >= 0.6 is 0 Å². The molecular formula is C44H83NO4. The Labute approximate surface area is 305 Å². The summed E-state index contributed by atoms with van der Waals surface area (Å²) in [5.74, 6) is -0.275.